The molecule has 13 nitrogen and oxygen atoms in total. The minimum absolute atomic E-state index is 0.0277. The van der Waals surface area contributed by atoms with E-state index in [1.807, 2.05) is 10.7 Å². The number of nitrogens with one attached hydrogen (secondary N) is 1. The van der Waals surface area contributed by atoms with E-state index in [1.54, 1.807) is 36.4 Å². The number of hydrogen-bond acceptors (Lipinski definition) is 9. The van der Waals surface area contributed by atoms with Crippen molar-refractivity contribution in [3.8, 4) is 22.8 Å². The molecule has 1 aliphatic heterocycles. The van der Waals surface area contributed by atoms with E-state index >= 15 is 0 Å². The molecule has 1 aliphatic rings. The topological polar surface area (TPSA) is 175 Å². The number of likely N-dealkylation sites (tertiary alicyclic amines) is 1. The average molecular weight is 519 g/mol. The van der Waals surface area contributed by atoms with Gasteiger partial charge >= 0.3 is 11.8 Å². The number of carboxylic acid groups (broad SMARTS) is 1. The monoisotopic (exact) mass is 518 g/mol. The number of amides is 1. The number of nitro groups is 1. The summed E-state index contributed by atoms with van der Waals surface area (Å²) in [5.41, 5.74) is 7.56. The Balaban J connectivity index is 1.45. The number of fused-ring (bicyclic) bond motifs is 1. The van der Waals surface area contributed by atoms with Crippen molar-refractivity contribution in [3.05, 3.63) is 65.0 Å². The molecule has 1 amide bonds. The van der Waals surface area contributed by atoms with Crippen LogP contribution >= 0.6 is 0 Å². The molecule has 38 heavy (non-hydrogen) atoms. The summed E-state index contributed by atoms with van der Waals surface area (Å²) >= 11 is 0. The van der Waals surface area contributed by atoms with Gasteiger partial charge in [-0.05, 0) is 37.1 Å². The predicted octanol–water partition coefficient (Wildman–Crippen LogP) is 3.68. The van der Waals surface area contributed by atoms with Gasteiger partial charge in [0.25, 0.3) is 0 Å². The quantitative estimate of drug-likeness (QED) is 0.230. The van der Waals surface area contributed by atoms with Gasteiger partial charge in [0.2, 0.25) is 5.75 Å². The number of nitrogens with two attached hydrogens (primary N) is 1. The van der Waals surface area contributed by atoms with Gasteiger partial charge in [-0.2, -0.15) is 5.10 Å². The Morgan fingerprint density at radius 1 is 1.18 bits per heavy atom. The molecule has 13 heteroatoms. The van der Waals surface area contributed by atoms with Gasteiger partial charge in [0, 0.05) is 37.8 Å². The number of para-hydroxylation sites is 1. The number of benzene rings is 2. The second-order valence-corrected chi connectivity index (χ2v) is 8.91. The van der Waals surface area contributed by atoms with Crippen LogP contribution in [-0.4, -0.2) is 67.0 Å². The number of hydrogen-bond donors (Lipinski definition) is 3. The van der Waals surface area contributed by atoms with Crippen LogP contribution in [0.3, 0.4) is 0 Å². The third kappa shape index (κ3) is 5.18. The van der Waals surface area contributed by atoms with Crippen LogP contribution in [0, 0.1) is 10.1 Å². The Labute approximate surface area is 217 Å². The molecule has 0 saturated carbocycles. The maximum Gasteiger partial charge on any atom is 0.404 e. The van der Waals surface area contributed by atoms with Gasteiger partial charge in [-0.1, -0.05) is 18.2 Å². The van der Waals surface area contributed by atoms with Crippen LogP contribution in [0.1, 0.15) is 18.9 Å². The van der Waals surface area contributed by atoms with Crippen LogP contribution in [0.15, 0.2) is 54.9 Å². The van der Waals surface area contributed by atoms with Crippen LogP contribution in [0.25, 0.3) is 22.3 Å². The summed E-state index contributed by atoms with van der Waals surface area (Å²) in [6.07, 6.45) is 1.90. The number of nitrogens with zero attached hydrogens (tertiary/aromatic N) is 6. The Hall–Kier alpha value is -4.78. The van der Waals surface area contributed by atoms with Crippen molar-refractivity contribution in [1.82, 2.24) is 30.0 Å². The lowest BCUT2D eigenvalue weighted by atomic mass is 10.1. The third-order valence-corrected chi connectivity index (χ3v) is 6.53. The normalized spacial score (nSPS) is 14.4. The summed E-state index contributed by atoms with van der Waals surface area (Å²) in [6.45, 7) is 2.52. The largest absolute Gasteiger partial charge is 0.465 e. The van der Waals surface area contributed by atoms with E-state index in [0.717, 1.165) is 25.9 Å². The van der Waals surface area contributed by atoms with Crippen molar-refractivity contribution >= 4 is 28.6 Å². The molecule has 0 bridgehead atoms. The highest BCUT2D eigenvalue weighted by Crippen LogP contribution is 2.39. The van der Waals surface area contributed by atoms with Crippen LogP contribution in [0.4, 0.5) is 16.3 Å². The molecule has 5 rings (SSSR count). The van der Waals surface area contributed by atoms with Crippen molar-refractivity contribution in [2.24, 2.45) is 0 Å². The number of aromatic nitrogens is 4. The molecule has 0 atom stereocenters. The van der Waals surface area contributed by atoms with E-state index in [-0.39, 0.29) is 23.3 Å². The molecule has 0 spiro atoms. The molecule has 3 heterocycles. The number of piperidine rings is 1. The Kier molecular flexibility index (Phi) is 7.00. The van der Waals surface area contributed by atoms with Gasteiger partial charge in [-0.25, -0.2) is 19.4 Å². The Morgan fingerprint density at radius 3 is 2.66 bits per heavy atom. The zero-order chi connectivity index (χ0) is 26.6. The van der Waals surface area contributed by atoms with Crippen molar-refractivity contribution in [3.63, 3.8) is 0 Å². The van der Waals surface area contributed by atoms with Crippen LogP contribution in [-0.2, 0) is 0 Å². The second-order valence-electron chi connectivity index (χ2n) is 8.91. The van der Waals surface area contributed by atoms with Crippen LogP contribution in [0.5, 0.6) is 11.5 Å². The highest BCUT2D eigenvalue weighted by atomic mass is 16.6. The number of nitro benzene ring substituents is 1. The molecule has 2 aromatic heterocycles. The lowest BCUT2D eigenvalue weighted by molar-refractivity contribution is -0.385. The lowest BCUT2D eigenvalue weighted by Crippen LogP contribution is -2.39. The summed E-state index contributed by atoms with van der Waals surface area (Å²) in [4.78, 5) is 32.9. The zero-order valence-electron chi connectivity index (χ0n) is 20.4. The summed E-state index contributed by atoms with van der Waals surface area (Å²) in [6, 6.07) is 13.6. The molecular formula is C25H26N8O5. The van der Waals surface area contributed by atoms with Gasteiger partial charge in [0.1, 0.15) is 23.6 Å². The number of rotatable bonds is 8. The van der Waals surface area contributed by atoms with E-state index in [1.165, 1.54) is 12.4 Å². The zero-order valence-corrected chi connectivity index (χ0v) is 20.4. The lowest BCUT2D eigenvalue weighted by Gasteiger charge is -2.32. The molecule has 1 fully saturated rings. The minimum atomic E-state index is -1.03. The van der Waals surface area contributed by atoms with E-state index in [4.69, 9.17) is 20.7 Å². The smallest absolute Gasteiger partial charge is 0.404 e. The first-order chi connectivity index (χ1) is 18.4. The molecule has 4 N–H and O–H groups in total. The van der Waals surface area contributed by atoms with Crippen molar-refractivity contribution in [1.29, 1.82) is 0 Å². The van der Waals surface area contributed by atoms with Gasteiger partial charge in [-0.15, -0.1) is 0 Å². The molecule has 1 saturated heterocycles. The van der Waals surface area contributed by atoms with Crippen LogP contribution < -0.4 is 15.8 Å². The summed E-state index contributed by atoms with van der Waals surface area (Å²) in [5, 5.41) is 28.5. The molecule has 0 aliphatic carbocycles. The van der Waals surface area contributed by atoms with Crippen LogP contribution in [0.2, 0.25) is 0 Å². The Morgan fingerprint density at radius 2 is 1.95 bits per heavy atom. The fraction of sp³-hybridized carbons (Fsp3) is 0.280. The first-order valence-electron chi connectivity index (χ1n) is 12.1. The van der Waals surface area contributed by atoms with Crippen molar-refractivity contribution in [2.45, 2.75) is 18.9 Å². The first-order valence-corrected chi connectivity index (χ1v) is 12.1. The van der Waals surface area contributed by atoms with E-state index in [9.17, 15) is 14.9 Å². The first kappa shape index (κ1) is 24.9. The molecule has 0 radical (unpaired) electrons. The van der Waals surface area contributed by atoms with E-state index < -0.39 is 11.0 Å². The fourth-order valence-corrected chi connectivity index (χ4v) is 4.67. The molecule has 2 aromatic carbocycles. The molecule has 0 unspecified atom stereocenters. The van der Waals surface area contributed by atoms with E-state index in [2.05, 4.69) is 20.2 Å². The highest BCUT2D eigenvalue weighted by Gasteiger charge is 2.27. The van der Waals surface area contributed by atoms with Gasteiger partial charge < -0.3 is 25.8 Å². The molecule has 196 valence electrons. The third-order valence-electron chi connectivity index (χ3n) is 6.53. The minimum Gasteiger partial charge on any atom is -0.465 e. The molecular weight excluding hydrogens is 492 g/mol. The average Bonchev–Trinajstić information content (AvgIpc) is 3.31. The second kappa shape index (κ2) is 10.7. The van der Waals surface area contributed by atoms with Gasteiger partial charge in [0.05, 0.1) is 16.4 Å². The summed E-state index contributed by atoms with van der Waals surface area (Å²) in [5.74, 6) is 0.837. The maximum absolute atomic E-state index is 11.9. The predicted molar refractivity (Wildman–Crippen MR) is 139 cm³/mol. The number of anilines is 1. The molecule has 4 aromatic rings. The number of nitrogen functional groups attached to an aromatic ring is 1. The number of ether oxygens (including phenoxy) is 1. The van der Waals surface area contributed by atoms with Crippen molar-refractivity contribution in [2.75, 3.05) is 31.9 Å². The highest BCUT2D eigenvalue weighted by molar-refractivity contribution is 5.98. The van der Waals surface area contributed by atoms with Crippen molar-refractivity contribution < 1.29 is 19.6 Å². The Bertz CT molecular complexity index is 1470. The fourth-order valence-electron chi connectivity index (χ4n) is 4.67. The summed E-state index contributed by atoms with van der Waals surface area (Å²) in [7, 11) is 0. The van der Waals surface area contributed by atoms with Gasteiger partial charge in [0.15, 0.2) is 5.65 Å². The SMILES string of the molecule is Nc1ncnc2c1c(-c1ccc(Oc3ccccc3)c([N+](=O)[O-])c1)nn2C1CCN(CCNC(=O)O)CC1. The number of carbonyl (C=O) groups is 1. The maximum atomic E-state index is 11.9. The summed E-state index contributed by atoms with van der Waals surface area (Å²) < 4.78 is 7.60. The van der Waals surface area contributed by atoms with E-state index in [0.29, 0.717) is 41.1 Å². The standard InChI is InChI=1S/C25H26N8O5/c26-23-21-22(16-6-7-20(19(14-16)33(36)37)38-18-4-2-1-3-5-18)30-32(24(21)29-15-28-23)17-8-11-31(12-9-17)13-10-27-25(34)35/h1-7,14-15,17,27H,8-13H2,(H,34,35)(H2,26,28,29). The van der Waals surface area contributed by atoms with Gasteiger partial charge in [-0.3, -0.25) is 10.1 Å².